The standard InChI is InChI=1S/C18H13Cl3/c19-13-7-5-12(6-8-13)15-3-1-2-4-16(15)17-10-9-14(20)11-18(17)21/h1-3,5-11,16H,4H2. The van der Waals surface area contributed by atoms with Gasteiger partial charge in [0, 0.05) is 21.0 Å². The molecule has 0 aromatic heterocycles. The van der Waals surface area contributed by atoms with Gasteiger partial charge in [-0.3, -0.25) is 0 Å². The highest BCUT2D eigenvalue weighted by Gasteiger charge is 2.21. The summed E-state index contributed by atoms with van der Waals surface area (Å²) < 4.78 is 0. The SMILES string of the molecule is Clc1ccc(C2=CC=CCC2c2ccc(Cl)cc2Cl)cc1. The fourth-order valence-corrected chi connectivity index (χ4v) is 3.31. The molecule has 0 radical (unpaired) electrons. The zero-order valence-electron chi connectivity index (χ0n) is 11.2. The summed E-state index contributed by atoms with van der Waals surface area (Å²) in [6, 6.07) is 13.6. The summed E-state index contributed by atoms with van der Waals surface area (Å²) in [5.74, 6) is 0.237. The first-order valence-corrected chi connectivity index (χ1v) is 7.86. The fourth-order valence-electron chi connectivity index (χ4n) is 2.65. The summed E-state index contributed by atoms with van der Waals surface area (Å²) in [4.78, 5) is 0. The minimum absolute atomic E-state index is 0.237. The fraction of sp³-hybridized carbons (Fsp3) is 0.111. The molecule has 3 heteroatoms. The molecule has 0 amide bonds. The summed E-state index contributed by atoms with van der Waals surface area (Å²) >= 11 is 18.4. The van der Waals surface area contributed by atoms with E-state index in [0.29, 0.717) is 10.0 Å². The number of benzene rings is 2. The Morgan fingerprint density at radius 2 is 1.57 bits per heavy atom. The Morgan fingerprint density at radius 3 is 2.29 bits per heavy atom. The van der Waals surface area contributed by atoms with Gasteiger partial charge in [0.25, 0.3) is 0 Å². The molecule has 1 atom stereocenters. The summed E-state index contributed by atoms with van der Waals surface area (Å²) in [6.45, 7) is 0. The van der Waals surface area contributed by atoms with Crippen LogP contribution in [-0.4, -0.2) is 0 Å². The maximum atomic E-state index is 6.38. The molecule has 0 bridgehead atoms. The van der Waals surface area contributed by atoms with Crippen molar-refractivity contribution in [1.82, 2.24) is 0 Å². The highest BCUT2D eigenvalue weighted by molar-refractivity contribution is 6.35. The van der Waals surface area contributed by atoms with Gasteiger partial charge in [0.1, 0.15) is 0 Å². The largest absolute Gasteiger partial charge is 0.0843 e. The lowest BCUT2D eigenvalue weighted by Gasteiger charge is -2.23. The second-order valence-corrected chi connectivity index (χ2v) is 6.29. The maximum Gasteiger partial charge on any atom is 0.0459 e. The molecular formula is C18H13Cl3. The van der Waals surface area contributed by atoms with Gasteiger partial charge in [-0.1, -0.05) is 71.2 Å². The lowest BCUT2D eigenvalue weighted by atomic mass is 9.82. The van der Waals surface area contributed by atoms with Gasteiger partial charge < -0.3 is 0 Å². The highest BCUT2D eigenvalue weighted by atomic mass is 35.5. The normalized spacial score (nSPS) is 17.7. The van der Waals surface area contributed by atoms with Crippen molar-refractivity contribution in [2.24, 2.45) is 0 Å². The van der Waals surface area contributed by atoms with Gasteiger partial charge in [-0.2, -0.15) is 0 Å². The third-order valence-electron chi connectivity index (χ3n) is 3.67. The van der Waals surface area contributed by atoms with E-state index in [-0.39, 0.29) is 5.92 Å². The van der Waals surface area contributed by atoms with Crippen molar-refractivity contribution < 1.29 is 0 Å². The molecule has 0 saturated heterocycles. The lowest BCUT2D eigenvalue weighted by molar-refractivity contribution is 0.874. The van der Waals surface area contributed by atoms with Crippen LogP contribution in [0.5, 0.6) is 0 Å². The Morgan fingerprint density at radius 1 is 0.857 bits per heavy atom. The van der Waals surface area contributed by atoms with E-state index in [4.69, 9.17) is 34.8 Å². The minimum Gasteiger partial charge on any atom is -0.0843 e. The predicted molar refractivity (Wildman–Crippen MR) is 92.4 cm³/mol. The van der Waals surface area contributed by atoms with Crippen LogP contribution in [0.15, 0.2) is 60.7 Å². The molecule has 0 heterocycles. The van der Waals surface area contributed by atoms with E-state index < -0.39 is 0 Å². The highest BCUT2D eigenvalue weighted by Crippen LogP contribution is 2.41. The summed E-state index contributed by atoms with van der Waals surface area (Å²) in [7, 11) is 0. The van der Waals surface area contributed by atoms with E-state index in [1.807, 2.05) is 36.4 Å². The van der Waals surface area contributed by atoms with Crippen molar-refractivity contribution >= 4 is 40.4 Å². The lowest BCUT2D eigenvalue weighted by Crippen LogP contribution is -2.04. The van der Waals surface area contributed by atoms with Crippen LogP contribution in [-0.2, 0) is 0 Å². The molecule has 106 valence electrons. The van der Waals surface area contributed by atoms with Gasteiger partial charge in [-0.05, 0) is 47.4 Å². The summed E-state index contributed by atoms with van der Waals surface area (Å²) in [5, 5.41) is 2.11. The number of halogens is 3. The van der Waals surface area contributed by atoms with E-state index in [1.165, 1.54) is 11.1 Å². The quantitative estimate of drug-likeness (QED) is 0.568. The zero-order valence-corrected chi connectivity index (χ0v) is 13.5. The van der Waals surface area contributed by atoms with Gasteiger partial charge in [-0.15, -0.1) is 0 Å². The second-order valence-electron chi connectivity index (χ2n) is 5.01. The second kappa shape index (κ2) is 6.27. The average molecular weight is 336 g/mol. The van der Waals surface area contributed by atoms with Crippen LogP contribution < -0.4 is 0 Å². The summed E-state index contributed by atoms with van der Waals surface area (Å²) in [6.07, 6.45) is 7.32. The Hall–Kier alpha value is -1.21. The molecule has 1 aliphatic rings. The van der Waals surface area contributed by atoms with Crippen LogP contribution in [0.4, 0.5) is 0 Å². The van der Waals surface area contributed by atoms with Gasteiger partial charge >= 0.3 is 0 Å². The van der Waals surface area contributed by atoms with Crippen LogP contribution >= 0.6 is 34.8 Å². The van der Waals surface area contributed by atoms with E-state index in [0.717, 1.165) is 17.0 Å². The van der Waals surface area contributed by atoms with Crippen LogP contribution in [0, 0.1) is 0 Å². The first-order chi connectivity index (χ1) is 10.1. The topological polar surface area (TPSA) is 0 Å². The van der Waals surface area contributed by atoms with Crippen molar-refractivity contribution in [2.75, 3.05) is 0 Å². The van der Waals surface area contributed by atoms with Gasteiger partial charge in [-0.25, -0.2) is 0 Å². The Kier molecular flexibility index (Phi) is 4.40. The molecule has 0 N–H and O–H groups in total. The van der Waals surface area contributed by atoms with Crippen molar-refractivity contribution in [3.05, 3.63) is 86.9 Å². The van der Waals surface area contributed by atoms with E-state index in [2.05, 4.69) is 18.2 Å². The number of hydrogen-bond donors (Lipinski definition) is 0. The molecule has 0 aliphatic heterocycles. The molecule has 21 heavy (non-hydrogen) atoms. The third kappa shape index (κ3) is 3.18. The molecular weight excluding hydrogens is 323 g/mol. The van der Waals surface area contributed by atoms with Crippen LogP contribution in [0.2, 0.25) is 15.1 Å². The molecule has 0 fully saturated rings. The van der Waals surface area contributed by atoms with Gasteiger partial charge in [0.05, 0.1) is 0 Å². The van der Waals surface area contributed by atoms with Gasteiger partial charge in [0.2, 0.25) is 0 Å². The van der Waals surface area contributed by atoms with E-state index in [9.17, 15) is 0 Å². The monoisotopic (exact) mass is 334 g/mol. The number of hydrogen-bond acceptors (Lipinski definition) is 0. The molecule has 0 nitrogen and oxygen atoms in total. The van der Waals surface area contributed by atoms with Crippen molar-refractivity contribution in [1.29, 1.82) is 0 Å². The van der Waals surface area contributed by atoms with E-state index >= 15 is 0 Å². The number of rotatable bonds is 2. The molecule has 2 aromatic rings. The zero-order chi connectivity index (χ0) is 14.8. The molecule has 0 saturated carbocycles. The Bertz CT molecular complexity index is 712. The van der Waals surface area contributed by atoms with Gasteiger partial charge in [0.15, 0.2) is 0 Å². The third-order valence-corrected chi connectivity index (χ3v) is 4.49. The van der Waals surface area contributed by atoms with Crippen LogP contribution in [0.3, 0.4) is 0 Å². The predicted octanol–water partition coefficient (Wildman–Crippen LogP) is 6.77. The Labute approximate surface area is 139 Å². The van der Waals surface area contributed by atoms with E-state index in [1.54, 1.807) is 6.07 Å². The van der Waals surface area contributed by atoms with Crippen molar-refractivity contribution in [3.63, 3.8) is 0 Å². The molecule has 2 aromatic carbocycles. The van der Waals surface area contributed by atoms with Crippen LogP contribution in [0.1, 0.15) is 23.5 Å². The molecule has 1 aliphatic carbocycles. The molecule has 0 spiro atoms. The summed E-state index contributed by atoms with van der Waals surface area (Å²) in [5.41, 5.74) is 3.52. The Balaban J connectivity index is 2.03. The van der Waals surface area contributed by atoms with Crippen LogP contribution in [0.25, 0.3) is 5.57 Å². The molecule has 1 unspecified atom stereocenters. The average Bonchev–Trinajstić information content (AvgIpc) is 2.48. The first kappa shape index (κ1) is 14.7. The van der Waals surface area contributed by atoms with Crippen molar-refractivity contribution in [2.45, 2.75) is 12.3 Å². The molecule has 3 rings (SSSR count). The minimum atomic E-state index is 0.237. The van der Waals surface area contributed by atoms with Crippen molar-refractivity contribution in [3.8, 4) is 0 Å². The smallest absolute Gasteiger partial charge is 0.0459 e. The first-order valence-electron chi connectivity index (χ1n) is 6.73. The maximum absolute atomic E-state index is 6.38. The number of allylic oxidation sites excluding steroid dienone is 4.